The highest BCUT2D eigenvalue weighted by molar-refractivity contribution is 5.92. The fourth-order valence-electron chi connectivity index (χ4n) is 1.38. The lowest BCUT2D eigenvalue weighted by Crippen LogP contribution is -2.14. The van der Waals surface area contributed by atoms with Crippen molar-refractivity contribution < 1.29 is 9.18 Å². The highest BCUT2D eigenvalue weighted by atomic mass is 19.1. The number of nitrogen functional groups attached to an aromatic ring is 1. The van der Waals surface area contributed by atoms with E-state index in [1.807, 2.05) is 0 Å². The van der Waals surface area contributed by atoms with Gasteiger partial charge in [-0.1, -0.05) is 0 Å². The van der Waals surface area contributed by atoms with E-state index >= 15 is 0 Å². The van der Waals surface area contributed by atoms with Gasteiger partial charge in [-0.15, -0.1) is 0 Å². The maximum absolute atomic E-state index is 12.7. The zero-order valence-corrected chi connectivity index (χ0v) is 9.35. The molecular weight excluding hydrogens is 235 g/mol. The lowest BCUT2D eigenvalue weighted by Gasteiger charge is -2.09. The predicted molar refractivity (Wildman–Crippen MR) is 66.8 cm³/mol. The second-order valence-corrected chi connectivity index (χ2v) is 3.63. The molecule has 0 radical (unpaired) electrons. The number of halogens is 1. The second kappa shape index (κ2) is 4.70. The summed E-state index contributed by atoms with van der Waals surface area (Å²) >= 11 is 0. The summed E-state index contributed by atoms with van der Waals surface area (Å²) < 4.78 is 12.7. The summed E-state index contributed by atoms with van der Waals surface area (Å²) in [6.45, 7) is 0. The monoisotopic (exact) mass is 246 g/mol. The maximum Gasteiger partial charge on any atom is 0.267 e. The molecule has 0 saturated carbocycles. The number of anilines is 3. The van der Waals surface area contributed by atoms with Crippen molar-refractivity contribution in [2.24, 2.45) is 5.73 Å². The Morgan fingerprint density at radius 2 is 1.83 bits per heavy atom. The van der Waals surface area contributed by atoms with Crippen molar-refractivity contribution in [1.82, 2.24) is 4.98 Å². The number of primary amides is 1. The summed E-state index contributed by atoms with van der Waals surface area (Å²) in [7, 11) is 0. The van der Waals surface area contributed by atoms with Crippen LogP contribution < -0.4 is 16.8 Å². The standard InChI is InChI=1S/C12H11FN4O/c13-7-1-3-8(4-2-7)16-12-9(14)5-6-10(17-12)11(15)18/h1-6H,14H2,(H2,15,18)(H,16,17). The number of rotatable bonds is 3. The average molecular weight is 246 g/mol. The Bertz CT molecular complexity index is 583. The minimum atomic E-state index is -0.642. The molecule has 1 amide bonds. The smallest absolute Gasteiger partial charge is 0.267 e. The number of nitrogens with zero attached hydrogens (tertiary/aromatic N) is 1. The molecule has 0 atom stereocenters. The normalized spacial score (nSPS) is 10.1. The van der Waals surface area contributed by atoms with E-state index in [0.29, 0.717) is 17.2 Å². The van der Waals surface area contributed by atoms with Crippen molar-refractivity contribution in [2.45, 2.75) is 0 Å². The van der Waals surface area contributed by atoms with Crippen molar-refractivity contribution in [2.75, 3.05) is 11.1 Å². The Labute approximate surface area is 103 Å². The molecule has 0 aliphatic heterocycles. The molecule has 1 aromatic carbocycles. The van der Waals surface area contributed by atoms with Crippen LogP contribution >= 0.6 is 0 Å². The number of pyridine rings is 1. The number of carbonyl (C=O) groups excluding carboxylic acids is 1. The Morgan fingerprint density at radius 1 is 1.17 bits per heavy atom. The molecule has 1 heterocycles. The van der Waals surface area contributed by atoms with Gasteiger partial charge >= 0.3 is 0 Å². The molecular formula is C12H11FN4O. The molecule has 0 unspecified atom stereocenters. The van der Waals surface area contributed by atoms with E-state index in [2.05, 4.69) is 10.3 Å². The van der Waals surface area contributed by atoms with Gasteiger partial charge in [0.2, 0.25) is 0 Å². The quantitative estimate of drug-likeness (QED) is 0.767. The van der Waals surface area contributed by atoms with Gasteiger partial charge in [-0.3, -0.25) is 4.79 Å². The molecule has 5 nitrogen and oxygen atoms in total. The molecule has 0 aliphatic rings. The molecule has 6 heteroatoms. The molecule has 2 rings (SSSR count). The number of aromatic nitrogens is 1. The minimum Gasteiger partial charge on any atom is -0.396 e. The summed E-state index contributed by atoms with van der Waals surface area (Å²) in [5, 5.41) is 2.88. The molecule has 0 spiro atoms. The summed E-state index contributed by atoms with van der Waals surface area (Å²) in [6, 6.07) is 8.64. The molecule has 2 aromatic rings. The molecule has 0 aliphatic carbocycles. The summed E-state index contributed by atoms with van der Waals surface area (Å²) in [4.78, 5) is 15.0. The number of nitrogens with two attached hydrogens (primary N) is 2. The van der Waals surface area contributed by atoms with Crippen LogP contribution in [0.3, 0.4) is 0 Å². The van der Waals surface area contributed by atoms with Gasteiger partial charge < -0.3 is 16.8 Å². The lowest BCUT2D eigenvalue weighted by molar-refractivity contribution is 0.0996. The van der Waals surface area contributed by atoms with E-state index in [9.17, 15) is 9.18 Å². The van der Waals surface area contributed by atoms with Gasteiger partial charge in [0.05, 0.1) is 5.69 Å². The Hall–Kier alpha value is -2.63. The van der Waals surface area contributed by atoms with Gasteiger partial charge in [0, 0.05) is 5.69 Å². The van der Waals surface area contributed by atoms with Gasteiger partial charge in [-0.05, 0) is 36.4 Å². The molecule has 92 valence electrons. The minimum absolute atomic E-state index is 0.105. The molecule has 0 saturated heterocycles. The van der Waals surface area contributed by atoms with E-state index in [-0.39, 0.29) is 11.5 Å². The first kappa shape index (κ1) is 11.8. The number of benzene rings is 1. The summed E-state index contributed by atoms with van der Waals surface area (Å²) in [5.74, 6) is -0.678. The van der Waals surface area contributed by atoms with Crippen molar-refractivity contribution in [1.29, 1.82) is 0 Å². The Kier molecular flexibility index (Phi) is 3.09. The van der Waals surface area contributed by atoms with Crippen molar-refractivity contribution >= 4 is 23.1 Å². The number of amides is 1. The van der Waals surface area contributed by atoms with E-state index in [0.717, 1.165) is 0 Å². The van der Waals surface area contributed by atoms with E-state index in [1.165, 1.54) is 36.4 Å². The van der Waals surface area contributed by atoms with Gasteiger partial charge in [-0.25, -0.2) is 9.37 Å². The SMILES string of the molecule is NC(=O)c1ccc(N)c(Nc2ccc(F)cc2)n1. The van der Waals surface area contributed by atoms with Crippen LogP contribution in [0.2, 0.25) is 0 Å². The third-order valence-electron chi connectivity index (χ3n) is 2.29. The highest BCUT2D eigenvalue weighted by Gasteiger charge is 2.07. The van der Waals surface area contributed by atoms with Gasteiger partial charge in [0.15, 0.2) is 5.82 Å². The van der Waals surface area contributed by atoms with Crippen LogP contribution in [0.1, 0.15) is 10.5 Å². The summed E-state index contributed by atoms with van der Waals surface area (Å²) in [6.07, 6.45) is 0. The first-order chi connectivity index (χ1) is 8.56. The Balaban J connectivity index is 2.30. The fraction of sp³-hybridized carbons (Fsp3) is 0. The Morgan fingerprint density at radius 3 is 2.44 bits per heavy atom. The largest absolute Gasteiger partial charge is 0.396 e. The van der Waals surface area contributed by atoms with Gasteiger partial charge in [-0.2, -0.15) is 0 Å². The highest BCUT2D eigenvalue weighted by Crippen LogP contribution is 2.21. The molecule has 18 heavy (non-hydrogen) atoms. The fourth-order valence-corrected chi connectivity index (χ4v) is 1.38. The van der Waals surface area contributed by atoms with Gasteiger partial charge in [0.25, 0.3) is 5.91 Å². The number of carbonyl (C=O) groups is 1. The third-order valence-corrected chi connectivity index (χ3v) is 2.29. The van der Waals surface area contributed by atoms with Crippen molar-refractivity contribution in [3.8, 4) is 0 Å². The van der Waals surface area contributed by atoms with Crippen LogP contribution in [0.5, 0.6) is 0 Å². The predicted octanol–water partition coefficient (Wildman–Crippen LogP) is 1.65. The zero-order valence-electron chi connectivity index (χ0n) is 9.35. The van der Waals surface area contributed by atoms with Crippen LogP contribution in [0.15, 0.2) is 36.4 Å². The lowest BCUT2D eigenvalue weighted by atomic mass is 10.2. The van der Waals surface area contributed by atoms with Gasteiger partial charge in [0.1, 0.15) is 11.5 Å². The van der Waals surface area contributed by atoms with Crippen molar-refractivity contribution in [3.05, 3.63) is 47.9 Å². The molecule has 1 aromatic heterocycles. The van der Waals surface area contributed by atoms with E-state index in [4.69, 9.17) is 11.5 Å². The van der Waals surface area contributed by atoms with Crippen LogP contribution in [0.25, 0.3) is 0 Å². The van der Waals surface area contributed by atoms with Crippen LogP contribution in [0, 0.1) is 5.82 Å². The maximum atomic E-state index is 12.7. The second-order valence-electron chi connectivity index (χ2n) is 3.63. The zero-order chi connectivity index (χ0) is 13.1. The summed E-state index contributed by atoms with van der Waals surface area (Å²) in [5.41, 5.74) is 11.9. The molecule has 0 fully saturated rings. The van der Waals surface area contributed by atoms with Crippen LogP contribution in [-0.4, -0.2) is 10.9 Å². The number of hydrogen-bond acceptors (Lipinski definition) is 4. The van der Waals surface area contributed by atoms with E-state index in [1.54, 1.807) is 0 Å². The first-order valence-corrected chi connectivity index (χ1v) is 5.15. The topological polar surface area (TPSA) is 94.0 Å². The van der Waals surface area contributed by atoms with Crippen LogP contribution in [-0.2, 0) is 0 Å². The third kappa shape index (κ3) is 2.54. The number of nitrogens with one attached hydrogen (secondary N) is 1. The molecule has 0 bridgehead atoms. The van der Waals surface area contributed by atoms with E-state index < -0.39 is 5.91 Å². The first-order valence-electron chi connectivity index (χ1n) is 5.15. The number of hydrogen-bond donors (Lipinski definition) is 3. The average Bonchev–Trinajstić information content (AvgIpc) is 2.34. The van der Waals surface area contributed by atoms with Crippen molar-refractivity contribution in [3.63, 3.8) is 0 Å². The molecule has 5 N–H and O–H groups in total. The van der Waals surface area contributed by atoms with Crippen LogP contribution in [0.4, 0.5) is 21.6 Å².